The number of ether oxygens (including phenoxy) is 1. The van der Waals surface area contributed by atoms with Crippen LogP contribution in [0.1, 0.15) is 60.3 Å². The number of carbonyl (C=O) groups is 1. The number of amides is 1. The lowest BCUT2D eigenvalue weighted by Gasteiger charge is -2.28. The molecule has 2 aliphatic carbocycles. The van der Waals surface area contributed by atoms with Crippen LogP contribution >= 0.6 is 11.3 Å². The Hall–Kier alpha value is -1.86. The smallest absolute Gasteiger partial charge is 0.270 e. The van der Waals surface area contributed by atoms with Gasteiger partial charge in [-0.25, -0.2) is 9.97 Å². The quantitative estimate of drug-likeness (QED) is 0.892. The Labute approximate surface area is 157 Å². The highest BCUT2D eigenvalue weighted by atomic mass is 32.1. The minimum absolute atomic E-state index is 0.0582. The third-order valence-corrected chi connectivity index (χ3v) is 6.16. The van der Waals surface area contributed by atoms with Crippen LogP contribution in [-0.2, 0) is 17.6 Å². The first-order valence-corrected chi connectivity index (χ1v) is 10.2. The van der Waals surface area contributed by atoms with Gasteiger partial charge in [0.05, 0.1) is 16.5 Å². The number of fused-ring (bicyclic) bond motifs is 1. The molecular formula is C19H24N4O2S. The van der Waals surface area contributed by atoms with Gasteiger partial charge in [0.2, 0.25) is 0 Å². The van der Waals surface area contributed by atoms with Crippen LogP contribution in [0.4, 0.5) is 0 Å². The second kappa shape index (κ2) is 7.80. The number of nitrogens with one attached hydrogen (secondary N) is 1. The molecule has 0 spiro atoms. The first kappa shape index (κ1) is 17.5. The van der Waals surface area contributed by atoms with E-state index < -0.39 is 0 Å². The molecule has 0 aromatic carbocycles. The van der Waals surface area contributed by atoms with E-state index >= 15 is 0 Å². The fraction of sp³-hybridized carbons (Fsp3) is 0.579. The summed E-state index contributed by atoms with van der Waals surface area (Å²) in [7, 11) is 1.76. The monoisotopic (exact) mass is 372 g/mol. The van der Waals surface area contributed by atoms with Gasteiger partial charge in [-0.1, -0.05) is 0 Å². The van der Waals surface area contributed by atoms with Crippen LogP contribution in [0.3, 0.4) is 0 Å². The van der Waals surface area contributed by atoms with Gasteiger partial charge in [0.25, 0.3) is 5.91 Å². The molecule has 2 aromatic heterocycles. The minimum atomic E-state index is -0.0582. The van der Waals surface area contributed by atoms with Gasteiger partial charge in [-0.2, -0.15) is 0 Å². The molecule has 4 rings (SSSR count). The Morgan fingerprint density at radius 1 is 1.19 bits per heavy atom. The Morgan fingerprint density at radius 3 is 2.73 bits per heavy atom. The van der Waals surface area contributed by atoms with Crippen molar-refractivity contribution >= 4 is 17.2 Å². The molecule has 2 aliphatic rings. The Kier molecular flexibility index (Phi) is 5.26. The number of nitrogens with zero attached hydrogens (tertiary/aromatic N) is 3. The zero-order chi connectivity index (χ0) is 17.9. The number of methoxy groups -OCH3 is 1. The fourth-order valence-corrected chi connectivity index (χ4v) is 4.47. The number of aryl methyl sites for hydroxylation is 1. The van der Waals surface area contributed by atoms with Gasteiger partial charge in [-0.05, 0) is 51.4 Å². The largest absolute Gasteiger partial charge is 0.381 e. The molecular weight excluding hydrogens is 348 g/mol. The van der Waals surface area contributed by atoms with Gasteiger partial charge in [0.1, 0.15) is 5.69 Å². The number of hydrogen-bond acceptors (Lipinski definition) is 6. The summed E-state index contributed by atoms with van der Waals surface area (Å²) in [5.74, 6) is 0.568. The van der Waals surface area contributed by atoms with Crippen LogP contribution < -0.4 is 5.32 Å². The Bertz CT molecular complexity index is 770. The SMILES string of the molecule is CO[C@H]1CC[C@H](NC(=O)c2nc(-c3cncs3)nc3c2CCCC3)CC1. The zero-order valence-corrected chi connectivity index (χ0v) is 15.8. The Balaban J connectivity index is 1.58. The van der Waals surface area contributed by atoms with Gasteiger partial charge in [0, 0.05) is 30.6 Å². The number of aromatic nitrogens is 3. The summed E-state index contributed by atoms with van der Waals surface area (Å²) >= 11 is 1.50. The minimum Gasteiger partial charge on any atom is -0.381 e. The maximum atomic E-state index is 13.0. The van der Waals surface area contributed by atoms with Crippen LogP contribution in [0.25, 0.3) is 10.7 Å². The normalized spacial score (nSPS) is 22.7. The van der Waals surface area contributed by atoms with Gasteiger partial charge < -0.3 is 10.1 Å². The van der Waals surface area contributed by atoms with Crippen LogP contribution in [0.2, 0.25) is 0 Å². The van der Waals surface area contributed by atoms with Crippen molar-refractivity contribution < 1.29 is 9.53 Å². The zero-order valence-electron chi connectivity index (χ0n) is 15.0. The second-order valence-corrected chi connectivity index (χ2v) is 7.96. The van der Waals surface area contributed by atoms with E-state index in [4.69, 9.17) is 9.72 Å². The molecule has 0 saturated heterocycles. The molecule has 0 bridgehead atoms. The molecule has 0 atom stereocenters. The summed E-state index contributed by atoms with van der Waals surface area (Å²) < 4.78 is 5.42. The molecule has 0 aliphatic heterocycles. The summed E-state index contributed by atoms with van der Waals surface area (Å²) in [4.78, 5) is 27.4. The molecule has 0 unspecified atom stereocenters. The summed E-state index contributed by atoms with van der Waals surface area (Å²) in [5.41, 5.74) is 4.40. The molecule has 0 radical (unpaired) electrons. The predicted octanol–water partition coefficient (Wildman–Crippen LogP) is 3.17. The van der Waals surface area contributed by atoms with E-state index in [1.165, 1.54) is 11.3 Å². The molecule has 2 heterocycles. The molecule has 1 N–H and O–H groups in total. The van der Waals surface area contributed by atoms with Crippen LogP contribution in [-0.4, -0.2) is 40.1 Å². The molecule has 26 heavy (non-hydrogen) atoms. The molecule has 6 nitrogen and oxygen atoms in total. The molecule has 138 valence electrons. The fourth-order valence-electron chi connectivity index (χ4n) is 3.91. The summed E-state index contributed by atoms with van der Waals surface area (Å²) in [6.07, 6.45) is 10.0. The van der Waals surface area contributed by atoms with E-state index in [-0.39, 0.29) is 11.9 Å². The topological polar surface area (TPSA) is 77.0 Å². The second-order valence-electron chi connectivity index (χ2n) is 7.08. The highest BCUT2D eigenvalue weighted by Gasteiger charge is 2.27. The van der Waals surface area contributed by atoms with Crippen molar-refractivity contribution in [3.63, 3.8) is 0 Å². The molecule has 7 heteroatoms. The summed E-state index contributed by atoms with van der Waals surface area (Å²) in [5, 5.41) is 3.21. The van der Waals surface area contributed by atoms with Crippen molar-refractivity contribution in [3.8, 4) is 10.7 Å². The van der Waals surface area contributed by atoms with Crippen LogP contribution in [0, 0.1) is 0 Å². The number of thiazole rings is 1. The number of hydrogen-bond donors (Lipinski definition) is 1. The number of carbonyl (C=O) groups excluding carboxylic acids is 1. The van der Waals surface area contributed by atoms with Crippen molar-refractivity contribution in [2.75, 3.05) is 7.11 Å². The van der Waals surface area contributed by atoms with E-state index in [0.717, 1.165) is 67.5 Å². The van der Waals surface area contributed by atoms with E-state index in [1.54, 1.807) is 18.8 Å². The lowest BCUT2D eigenvalue weighted by atomic mass is 9.92. The molecule has 1 fully saturated rings. The van der Waals surface area contributed by atoms with Crippen molar-refractivity contribution in [2.24, 2.45) is 0 Å². The average molecular weight is 372 g/mol. The molecule has 1 amide bonds. The van der Waals surface area contributed by atoms with Crippen molar-refractivity contribution in [3.05, 3.63) is 28.7 Å². The Morgan fingerprint density at radius 2 is 2.00 bits per heavy atom. The highest BCUT2D eigenvalue weighted by Crippen LogP contribution is 2.28. The van der Waals surface area contributed by atoms with E-state index in [1.807, 2.05) is 0 Å². The number of rotatable bonds is 4. The average Bonchev–Trinajstić information content (AvgIpc) is 3.22. The third kappa shape index (κ3) is 3.64. The standard InChI is InChI=1S/C19H24N4O2S/c1-25-13-8-6-12(7-9-13)21-19(24)17-14-4-2-3-5-15(14)22-18(23-17)16-10-20-11-26-16/h10-13H,2-9H2,1H3,(H,21,24)/t12-,13-. The summed E-state index contributed by atoms with van der Waals surface area (Å²) in [6, 6.07) is 0.204. The van der Waals surface area contributed by atoms with Crippen LogP contribution in [0.15, 0.2) is 11.7 Å². The first-order chi connectivity index (χ1) is 12.7. The third-order valence-electron chi connectivity index (χ3n) is 5.39. The van der Waals surface area contributed by atoms with Gasteiger partial charge in [-0.15, -0.1) is 11.3 Å². The first-order valence-electron chi connectivity index (χ1n) is 9.37. The highest BCUT2D eigenvalue weighted by molar-refractivity contribution is 7.13. The molecule has 2 aromatic rings. The lowest BCUT2D eigenvalue weighted by molar-refractivity contribution is 0.0598. The van der Waals surface area contributed by atoms with E-state index in [9.17, 15) is 4.79 Å². The van der Waals surface area contributed by atoms with Gasteiger partial charge >= 0.3 is 0 Å². The van der Waals surface area contributed by atoms with Gasteiger partial charge in [0.15, 0.2) is 5.82 Å². The van der Waals surface area contributed by atoms with Crippen molar-refractivity contribution in [1.29, 1.82) is 0 Å². The predicted molar refractivity (Wildman–Crippen MR) is 100 cm³/mol. The van der Waals surface area contributed by atoms with Crippen molar-refractivity contribution in [1.82, 2.24) is 20.3 Å². The maximum Gasteiger partial charge on any atom is 0.270 e. The molecule has 1 saturated carbocycles. The lowest BCUT2D eigenvalue weighted by Crippen LogP contribution is -2.40. The van der Waals surface area contributed by atoms with Gasteiger partial charge in [-0.3, -0.25) is 9.78 Å². The maximum absolute atomic E-state index is 13.0. The summed E-state index contributed by atoms with van der Waals surface area (Å²) in [6.45, 7) is 0. The van der Waals surface area contributed by atoms with E-state index in [2.05, 4.69) is 15.3 Å². The van der Waals surface area contributed by atoms with Crippen LogP contribution in [0.5, 0.6) is 0 Å². The van der Waals surface area contributed by atoms with Crippen molar-refractivity contribution in [2.45, 2.75) is 63.5 Å². The van der Waals surface area contributed by atoms with E-state index in [0.29, 0.717) is 17.6 Å².